The molecule has 1 amide bonds. The van der Waals surface area contributed by atoms with Crippen LogP contribution >= 0.6 is 23.4 Å². The maximum absolute atomic E-state index is 13.4. The van der Waals surface area contributed by atoms with Crippen LogP contribution in [0.4, 0.5) is 18.9 Å². The molecule has 0 heterocycles. The summed E-state index contributed by atoms with van der Waals surface area (Å²) < 4.78 is 40.0. The van der Waals surface area contributed by atoms with Crippen molar-refractivity contribution in [3.63, 3.8) is 0 Å². The van der Waals surface area contributed by atoms with Crippen molar-refractivity contribution in [1.82, 2.24) is 0 Å². The molecule has 4 saturated carbocycles. The first-order valence-electron chi connectivity index (χ1n) is 10.3. The number of thioether (sulfide) groups is 1. The molecular formula is C23H21ClF3NOS. The van der Waals surface area contributed by atoms with Gasteiger partial charge in [0.25, 0.3) is 5.91 Å². The second-order valence-corrected chi connectivity index (χ2v) is 10.5. The summed E-state index contributed by atoms with van der Waals surface area (Å²) in [6, 6.07) is 6.52. The minimum atomic E-state index is -1.56. The molecule has 2 aromatic rings. The fourth-order valence-corrected chi connectivity index (χ4v) is 7.53. The molecule has 0 aliphatic heterocycles. The molecule has 2 aromatic carbocycles. The van der Waals surface area contributed by atoms with Gasteiger partial charge in [-0.05, 0) is 74.0 Å². The maximum atomic E-state index is 13.4. The monoisotopic (exact) mass is 451 g/mol. The fraction of sp³-hybridized carbons (Fsp3) is 0.435. The van der Waals surface area contributed by atoms with Crippen molar-refractivity contribution in [2.75, 3.05) is 5.32 Å². The molecule has 4 fully saturated rings. The van der Waals surface area contributed by atoms with Gasteiger partial charge >= 0.3 is 0 Å². The zero-order valence-corrected chi connectivity index (χ0v) is 17.7. The Hall–Kier alpha value is -1.66. The Bertz CT molecular complexity index is 963. The first-order chi connectivity index (χ1) is 14.4. The van der Waals surface area contributed by atoms with Crippen LogP contribution in [-0.2, 0) is 0 Å². The summed E-state index contributed by atoms with van der Waals surface area (Å²) in [6.07, 6.45) is 6.58. The van der Waals surface area contributed by atoms with Gasteiger partial charge in [0, 0.05) is 33.5 Å². The molecule has 0 atom stereocenters. The smallest absolute Gasteiger partial charge is 0.255 e. The average molecular weight is 452 g/mol. The van der Waals surface area contributed by atoms with E-state index >= 15 is 0 Å². The van der Waals surface area contributed by atoms with Gasteiger partial charge in [-0.2, -0.15) is 0 Å². The van der Waals surface area contributed by atoms with E-state index in [-0.39, 0.29) is 5.69 Å². The second-order valence-electron chi connectivity index (χ2n) is 8.87. The minimum absolute atomic E-state index is 0.137. The summed E-state index contributed by atoms with van der Waals surface area (Å²) in [6.45, 7) is 0. The highest BCUT2D eigenvalue weighted by Crippen LogP contribution is 2.58. The molecule has 30 heavy (non-hydrogen) atoms. The number of carbonyl (C=O) groups is 1. The molecule has 2 nitrogen and oxygen atoms in total. The molecule has 1 N–H and O–H groups in total. The van der Waals surface area contributed by atoms with Crippen LogP contribution in [0.25, 0.3) is 0 Å². The third kappa shape index (κ3) is 3.73. The van der Waals surface area contributed by atoms with Gasteiger partial charge in [-0.3, -0.25) is 4.79 Å². The van der Waals surface area contributed by atoms with E-state index in [0.717, 1.165) is 28.9 Å². The second kappa shape index (κ2) is 7.79. The SMILES string of the molecule is O=C(Nc1cc(F)c(F)c(F)c1)c1ccc(Cl)c(SC2C3CC4CC(C3)CC2C4)c1. The van der Waals surface area contributed by atoms with Gasteiger partial charge in [-0.25, -0.2) is 13.2 Å². The van der Waals surface area contributed by atoms with E-state index in [1.165, 1.54) is 32.1 Å². The number of rotatable bonds is 4. The lowest BCUT2D eigenvalue weighted by atomic mass is 9.56. The predicted octanol–water partition coefficient (Wildman–Crippen LogP) is 6.93. The van der Waals surface area contributed by atoms with Gasteiger partial charge in [0.05, 0.1) is 5.02 Å². The summed E-state index contributed by atoms with van der Waals surface area (Å²) in [7, 11) is 0. The highest BCUT2D eigenvalue weighted by molar-refractivity contribution is 8.00. The van der Waals surface area contributed by atoms with Gasteiger partial charge in [-0.15, -0.1) is 11.8 Å². The molecule has 0 radical (unpaired) electrons. The van der Waals surface area contributed by atoms with E-state index in [1.807, 2.05) is 0 Å². The summed E-state index contributed by atoms with van der Waals surface area (Å²) in [5.41, 5.74) is 0.206. The van der Waals surface area contributed by atoms with Crippen LogP contribution in [0.5, 0.6) is 0 Å². The third-order valence-electron chi connectivity index (χ3n) is 6.84. The number of hydrogen-bond donors (Lipinski definition) is 1. The molecule has 0 saturated heterocycles. The Balaban J connectivity index is 1.34. The standard InChI is InChI=1S/C23H21ClF3NOS/c24-17-2-1-13(23(29)28-16-9-18(25)21(27)19(26)10-16)8-20(17)30-22-14-4-11-3-12(6-14)7-15(22)5-11/h1-2,8-12,14-15,22H,3-7H2,(H,28,29). The Morgan fingerprint density at radius 2 is 1.53 bits per heavy atom. The zero-order valence-electron chi connectivity index (χ0n) is 16.1. The van der Waals surface area contributed by atoms with E-state index in [0.29, 0.717) is 27.7 Å². The van der Waals surface area contributed by atoms with Gasteiger partial charge in [0.2, 0.25) is 0 Å². The number of anilines is 1. The lowest BCUT2D eigenvalue weighted by Crippen LogP contribution is -2.46. The van der Waals surface area contributed by atoms with Crippen molar-refractivity contribution in [2.24, 2.45) is 23.7 Å². The number of benzene rings is 2. The van der Waals surface area contributed by atoms with Crippen LogP contribution in [0.1, 0.15) is 42.5 Å². The third-order valence-corrected chi connectivity index (χ3v) is 8.91. The number of hydrogen-bond acceptors (Lipinski definition) is 2. The number of halogens is 4. The Labute approximate surface area is 182 Å². The first-order valence-corrected chi connectivity index (χ1v) is 11.5. The molecule has 0 aromatic heterocycles. The molecular weight excluding hydrogens is 431 g/mol. The fourth-order valence-electron chi connectivity index (χ4n) is 5.78. The molecule has 0 spiro atoms. The van der Waals surface area contributed by atoms with Crippen molar-refractivity contribution in [3.05, 3.63) is 58.4 Å². The number of nitrogens with one attached hydrogen (secondary N) is 1. The van der Waals surface area contributed by atoms with Crippen LogP contribution in [-0.4, -0.2) is 11.2 Å². The molecule has 0 unspecified atom stereocenters. The predicted molar refractivity (Wildman–Crippen MR) is 112 cm³/mol. The van der Waals surface area contributed by atoms with E-state index in [2.05, 4.69) is 5.32 Å². The number of amides is 1. The van der Waals surface area contributed by atoms with Crippen LogP contribution in [0.2, 0.25) is 5.02 Å². The van der Waals surface area contributed by atoms with Gasteiger partial charge in [0.15, 0.2) is 17.5 Å². The number of carbonyl (C=O) groups excluding carboxylic acids is 1. The van der Waals surface area contributed by atoms with Crippen molar-refractivity contribution in [1.29, 1.82) is 0 Å². The molecule has 158 valence electrons. The van der Waals surface area contributed by atoms with Crippen LogP contribution in [0.15, 0.2) is 35.2 Å². The first kappa shape index (κ1) is 20.3. The van der Waals surface area contributed by atoms with Crippen LogP contribution < -0.4 is 5.32 Å². The van der Waals surface area contributed by atoms with Crippen molar-refractivity contribution < 1.29 is 18.0 Å². The lowest BCUT2D eigenvalue weighted by molar-refractivity contribution is 0.0267. The van der Waals surface area contributed by atoms with Crippen LogP contribution in [0, 0.1) is 41.1 Å². The van der Waals surface area contributed by atoms with Crippen LogP contribution in [0.3, 0.4) is 0 Å². The summed E-state index contributed by atoms with van der Waals surface area (Å²) >= 11 is 8.21. The minimum Gasteiger partial charge on any atom is -0.322 e. The van der Waals surface area contributed by atoms with Crippen molar-refractivity contribution >= 4 is 35.0 Å². The molecule has 4 aliphatic rings. The lowest BCUT2D eigenvalue weighted by Gasteiger charge is -2.54. The Kier molecular flexibility index (Phi) is 5.26. The van der Waals surface area contributed by atoms with Crippen molar-refractivity contribution in [3.8, 4) is 0 Å². The topological polar surface area (TPSA) is 29.1 Å². The molecule has 6 rings (SSSR count). The normalized spacial score (nSPS) is 29.3. The Morgan fingerprint density at radius 3 is 2.13 bits per heavy atom. The van der Waals surface area contributed by atoms with E-state index in [4.69, 9.17) is 11.6 Å². The Morgan fingerprint density at radius 1 is 0.933 bits per heavy atom. The van der Waals surface area contributed by atoms with E-state index < -0.39 is 23.4 Å². The summed E-state index contributed by atoms with van der Waals surface area (Å²) in [4.78, 5) is 13.5. The van der Waals surface area contributed by atoms with Gasteiger partial charge in [-0.1, -0.05) is 11.6 Å². The zero-order chi connectivity index (χ0) is 21.0. The van der Waals surface area contributed by atoms with E-state index in [9.17, 15) is 18.0 Å². The summed E-state index contributed by atoms with van der Waals surface area (Å²) in [5.74, 6) is -1.59. The van der Waals surface area contributed by atoms with Gasteiger partial charge < -0.3 is 5.32 Å². The quantitative estimate of drug-likeness (QED) is 0.511. The maximum Gasteiger partial charge on any atom is 0.255 e. The highest BCUT2D eigenvalue weighted by atomic mass is 35.5. The molecule has 4 aliphatic carbocycles. The molecule has 4 bridgehead atoms. The molecule has 7 heteroatoms. The largest absolute Gasteiger partial charge is 0.322 e. The summed E-state index contributed by atoms with van der Waals surface area (Å²) in [5, 5.41) is 3.55. The average Bonchev–Trinajstić information content (AvgIpc) is 2.69. The van der Waals surface area contributed by atoms with Crippen molar-refractivity contribution in [2.45, 2.75) is 42.2 Å². The van der Waals surface area contributed by atoms with Gasteiger partial charge in [0.1, 0.15) is 0 Å². The highest BCUT2D eigenvalue weighted by Gasteiger charge is 2.48. The van der Waals surface area contributed by atoms with E-state index in [1.54, 1.807) is 30.0 Å².